The minimum Gasteiger partial charge on any atom is -0.464 e. The molecule has 2 aromatic heterocycles. The van der Waals surface area contributed by atoms with Crippen molar-refractivity contribution in [3.8, 4) is 11.9 Å². The number of nitrogens with one attached hydrogen (secondary N) is 2. The molecule has 13 heteroatoms. The van der Waals surface area contributed by atoms with Gasteiger partial charge in [-0.3, -0.25) is 14.6 Å². The monoisotopic (exact) mass is 545 g/mol. The third kappa shape index (κ3) is 4.85. The molecule has 0 fully saturated rings. The van der Waals surface area contributed by atoms with Gasteiger partial charge in [0, 0.05) is 18.8 Å². The van der Waals surface area contributed by atoms with Crippen LogP contribution in [0.5, 0.6) is 0 Å². The molecule has 0 atom stereocenters. The lowest BCUT2D eigenvalue weighted by atomic mass is 10.0. The van der Waals surface area contributed by atoms with Gasteiger partial charge in [-0.05, 0) is 59.6 Å². The van der Waals surface area contributed by atoms with Crippen molar-refractivity contribution in [2.45, 2.75) is 13.8 Å². The highest BCUT2D eigenvalue weighted by atomic mass is 79.9. The van der Waals surface area contributed by atoms with Gasteiger partial charge in [-0.2, -0.15) is 10.4 Å². The van der Waals surface area contributed by atoms with Crippen LogP contribution in [0.4, 0.5) is 10.5 Å². The van der Waals surface area contributed by atoms with E-state index in [0.717, 1.165) is 5.01 Å². The van der Waals surface area contributed by atoms with Crippen LogP contribution in [0.1, 0.15) is 37.5 Å². The summed E-state index contributed by atoms with van der Waals surface area (Å²) in [5.74, 6) is -1.19. The van der Waals surface area contributed by atoms with E-state index in [9.17, 15) is 19.6 Å². The van der Waals surface area contributed by atoms with Crippen LogP contribution in [-0.2, 0) is 0 Å². The van der Waals surface area contributed by atoms with E-state index in [2.05, 4.69) is 31.3 Å². The van der Waals surface area contributed by atoms with Crippen LogP contribution in [0.2, 0.25) is 5.02 Å². The van der Waals surface area contributed by atoms with Gasteiger partial charge in [-0.15, -0.1) is 0 Å². The largest absolute Gasteiger partial charge is 0.464 e. The van der Waals surface area contributed by atoms with Crippen molar-refractivity contribution in [2.75, 3.05) is 12.4 Å². The quantitative estimate of drug-likeness (QED) is 0.422. The molecule has 0 saturated carbocycles. The van der Waals surface area contributed by atoms with Crippen LogP contribution in [-0.4, -0.2) is 49.8 Å². The molecule has 3 N–H and O–H groups in total. The number of aryl methyl sites for hydroxylation is 1. The lowest BCUT2D eigenvalue weighted by Crippen LogP contribution is -2.43. The predicted octanol–water partition coefficient (Wildman–Crippen LogP) is 3.68. The molecule has 0 unspecified atom stereocenters. The summed E-state index contributed by atoms with van der Waals surface area (Å²) in [5.41, 5.74) is 3.10. The van der Waals surface area contributed by atoms with Crippen LogP contribution in [0.15, 0.2) is 35.1 Å². The summed E-state index contributed by atoms with van der Waals surface area (Å²) in [6.45, 7) is 3.27. The van der Waals surface area contributed by atoms with Crippen molar-refractivity contribution in [1.29, 1.82) is 5.26 Å². The van der Waals surface area contributed by atoms with Gasteiger partial charge in [-0.1, -0.05) is 11.6 Å². The molecule has 0 bridgehead atoms. The van der Waals surface area contributed by atoms with E-state index >= 15 is 0 Å². The molecule has 34 heavy (non-hydrogen) atoms. The van der Waals surface area contributed by atoms with Gasteiger partial charge >= 0.3 is 6.09 Å². The first-order valence-corrected chi connectivity index (χ1v) is 10.7. The maximum absolute atomic E-state index is 13.4. The van der Waals surface area contributed by atoms with E-state index < -0.39 is 17.9 Å². The second-order valence-corrected chi connectivity index (χ2v) is 8.21. The molecule has 3 amide bonds. The average molecular weight is 547 g/mol. The van der Waals surface area contributed by atoms with Gasteiger partial charge in [0.05, 0.1) is 27.9 Å². The van der Waals surface area contributed by atoms with Gasteiger partial charge in [0.1, 0.15) is 10.3 Å². The minimum atomic E-state index is -1.45. The number of aromatic nitrogens is 3. The summed E-state index contributed by atoms with van der Waals surface area (Å²) >= 11 is 9.56. The van der Waals surface area contributed by atoms with E-state index in [4.69, 9.17) is 16.7 Å². The van der Waals surface area contributed by atoms with Crippen LogP contribution in [0.25, 0.3) is 5.82 Å². The second kappa shape index (κ2) is 9.90. The number of hydrogen-bond donors (Lipinski definition) is 3. The molecule has 0 aliphatic heterocycles. The van der Waals surface area contributed by atoms with Gasteiger partial charge in [0.25, 0.3) is 11.8 Å². The van der Waals surface area contributed by atoms with Crippen LogP contribution in [0.3, 0.4) is 0 Å². The fourth-order valence-electron chi connectivity index (χ4n) is 3.16. The normalized spacial score (nSPS) is 10.4. The summed E-state index contributed by atoms with van der Waals surface area (Å²) < 4.78 is 1.66. The fourth-order valence-corrected chi connectivity index (χ4v) is 3.70. The maximum Gasteiger partial charge on any atom is 0.423 e. The first-order valence-electron chi connectivity index (χ1n) is 9.54. The summed E-state index contributed by atoms with van der Waals surface area (Å²) in [5, 5.41) is 26.2. The Kier molecular flexibility index (Phi) is 7.19. The minimum absolute atomic E-state index is 0.0835. The number of carbonyl (C=O) groups excluding carboxylic acids is 2. The number of carbonyl (C=O) groups is 3. The van der Waals surface area contributed by atoms with Crippen molar-refractivity contribution in [3.05, 3.63) is 68.0 Å². The topological polar surface area (TPSA) is 153 Å². The Labute approximate surface area is 207 Å². The number of hydrazine groups is 1. The Hall–Kier alpha value is -3.95. The summed E-state index contributed by atoms with van der Waals surface area (Å²) in [7, 11) is 1.20. The molecule has 174 valence electrons. The predicted molar refractivity (Wildman–Crippen MR) is 126 cm³/mol. The van der Waals surface area contributed by atoms with Crippen LogP contribution >= 0.6 is 27.5 Å². The van der Waals surface area contributed by atoms with Crippen molar-refractivity contribution >= 4 is 51.1 Å². The third-order valence-corrected chi connectivity index (χ3v) is 5.77. The van der Waals surface area contributed by atoms with E-state index in [-0.39, 0.29) is 33.3 Å². The van der Waals surface area contributed by atoms with Gasteiger partial charge in [0.15, 0.2) is 5.82 Å². The Bertz CT molecular complexity index is 1370. The molecule has 2 heterocycles. The molecule has 11 nitrogen and oxygen atoms in total. The Morgan fingerprint density at radius 3 is 2.62 bits per heavy atom. The summed E-state index contributed by atoms with van der Waals surface area (Å²) in [6.07, 6.45) is 0.0480. The Morgan fingerprint density at radius 1 is 1.29 bits per heavy atom. The smallest absolute Gasteiger partial charge is 0.423 e. The number of pyridine rings is 1. The highest BCUT2D eigenvalue weighted by Gasteiger charge is 2.26. The summed E-state index contributed by atoms with van der Waals surface area (Å²) in [6, 6.07) is 7.93. The molecule has 1 aromatic carbocycles. The lowest BCUT2D eigenvalue weighted by Gasteiger charge is -2.20. The SMILES string of the molecule is Cc1cc(C#N)cc(C(=O)N(C)NC(=O)O)c1NC(=O)c1c(C)c(Br)nn1-c1ncccc1Cl. The number of anilines is 1. The number of rotatable bonds is 4. The first kappa shape index (κ1) is 24.7. The molecule has 0 saturated heterocycles. The average Bonchev–Trinajstić information content (AvgIpc) is 3.08. The number of halogens is 2. The molecular formula is C21H17BrClN7O4. The van der Waals surface area contributed by atoms with Crippen LogP contribution in [0, 0.1) is 25.2 Å². The Balaban J connectivity index is 2.10. The van der Waals surface area contributed by atoms with E-state index in [1.165, 1.54) is 30.1 Å². The standard InChI is InChI=1S/C21H17BrClN7O4/c1-10-7-12(9-24)8-13(20(32)29(3)28-21(33)34)15(10)26-19(31)16-11(2)17(22)27-30(16)18-14(23)5-4-6-25-18/h4-8,28H,1-3H3,(H,26,31)(H,33,34). The fraction of sp³-hybridized carbons (Fsp3) is 0.143. The number of hydrogen-bond acceptors (Lipinski definition) is 6. The van der Waals surface area contributed by atoms with Crippen molar-refractivity contribution in [2.24, 2.45) is 0 Å². The second-order valence-electron chi connectivity index (χ2n) is 7.05. The highest BCUT2D eigenvalue weighted by Crippen LogP contribution is 2.28. The molecule has 3 rings (SSSR count). The molecular weight excluding hydrogens is 530 g/mol. The molecule has 3 aromatic rings. The molecule has 0 spiro atoms. The van der Waals surface area contributed by atoms with Gasteiger partial charge in [-0.25, -0.2) is 19.9 Å². The lowest BCUT2D eigenvalue weighted by molar-refractivity contribution is 0.0706. The number of benzene rings is 1. The van der Waals surface area contributed by atoms with E-state index in [0.29, 0.717) is 15.7 Å². The zero-order valence-corrected chi connectivity index (χ0v) is 20.4. The van der Waals surface area contributed by atoms with Gasteiger partial charge in [0.2, 0.25) is 0 Å². The third-order valence-electron chi connectivity index (χ3n) is 4.72. The van der Waals surface area contributed by atoms with Crippen molar-refractivity contribution in [1.82, 2.24) is 25.2 Å². The zero-order chi connectivity index (χ0) is 25.2. The number of amides is 3. The number of carboxylic acid groups (broad SMARTS) is 1. The van der Waals surface area contributed by atoms with E-state index in [1.807, 2.05) is 11.5 Å². The molecule has 0 aliphatic carbocycles. The summed E-state index contributed by atoms with van der Waals surface area (Å²) in [4.78, 5) is 41.5. The van der Waals surface area contributed by atoms with E-state index in [1.54, 1.807) is 26.0 Å². The van der Waals surface area contributed by atoms with Crippen molar-refractivity contribution < 1.29 is 19.5 Å². The Morgan fingerprint density at radius 2 is 2.00 bits per heavy atom. The number of nitrogens with zero attached hydrogens (tertiary/aromatic N) is 5. The maximum atomic E-state index is 13.4. The molecule has 0 aliphatic rings. The number of nitriles is 1. The zero-order valence-electron chi connectivity index (χ0n) is 18.1. The van der Waals surface area contributed by atoms with Gasteiger partial charge < -0.3 is 10.4 Å². The van der Waals surface area contributed by atoms with Crippen LogP contribution < -0.4 is 10.7 Å². The van der Waals surface area contributed by atoms with Crippen molar-refractivity contribution in [3.63, 3.8) is 0 Å². The molecule has 0 radical (unpaired) electrons. The first-order chi connectivity index (χ1) is 16.0. The highest BCUT2D eigenvalue weighted by molar-refractivity contribution is 9.10.